The number of anilines is 1. The van der Waals surface area contributed by atoms with Gasteiger partial charge in [0, 0.05) is 30.1 Å². The number of halogens is 2. The highest BCUT2D eigenvalue weighted by atomic mass is 19.1. The molecule has 5 nitrogen and oxygen atoms in total. The van der Waals surface area contributed by atoms with Crippen molar-refractivity contribution in [1.29, 1.82) is 0 Å². The third-order valence-corrected chi connectivity index (χ3v) is 8.29. The fraction of sp³-hybridized carbons (Fsp3) is 0.406. The molecule has 0 amide bonds. The van der Waals surface area contributed by atoms with Crippen molar-refractivity contribution in [3.05, 3.63) is 101 Å². The lowest BCUT2D eigenvalue weighted by Gasteiger charge is -2.43. The van der Waals surface area contributed by atoms with E-state index in [0.29, 0.717) is 18.9 Å². The lowest BCUT2D eigenvalue weighted by atomic mass is 9.87. The van der Waals surface area contributed by atoms with Crippen molar-refractivity contribution in [3.8, 4) is 0 Å². The molecule has 2 heterocycles. The molecule has 0 spiro atoms. The summed E-state index contributed by atoms with van der Waals surface area (Å²) >= 11 is 0. The van der Waals surface area contributed by atoms with Crippen LogP contribution >= 0.6 is 0 Å². The molecule has 0 saturated carbocycles. The molecule has 2 saturated heterocycles. The van der Waals surface area contributed by atoms with E-state index in [1.54, 1.807) is 24.3 Å². The van der Waals surface area contributed by atoms with Gasteiger partial charge in [-0.15, -0.1) is 0 Å². The Balaban J connectivity index is 1.27. The third-order valence-electron chi connectivity index (χ3n) is 8.29. The van der Waals surface area contributed by atoms with Gasteiger partial charge in [-0.2, -0.15) is 0 Å². The fourth-order valence-electron chi connectivity index (χ4n) is 6.09. The molecule has 2 N–H and O–H groups in total. The SMILES string of the molecule is CN1C2CC[C@H]1[C@@H](COC(=O)CCCc1ccc(N)cc1)[C@H](OC(c1ccc(F)cc1)c1ccc(F)cc1)C2. The van der Waals surface area contributed by atoms with E-state index in [0.717, 1.165) is 48.1 Å². The second-order valence-electron chi connectivity index (χ2n) is 10.8. The summed E-state index contributed by atoms with van der Waals surface area (Å²) in [6.07, 6.45) is 4.09. The maximum absolute atomic E-state index is 13.7. The fourth-order valence-corrected chi connectivity index (χ4v) is 6.09. The van der Waals surface area contributed by atoms with Gasteiger partial charge in [-0.3, -0.25) is 9.69 Å². The van der Waals surface area contributed by atoms with Gasteiger partial charge in [0.2, 0.25) is 0 Å². The molecule has 4 atom stereocenters. The summed E-state index contributed by atoms with van der Waals surface area (Å²) in [6, 6.07) is 20.8. The van der Waals surface area contributed by atoms with Gasteiger partial charge in [-0.05, 0) is 92.2 Å². The van der Waals surface area contributed by atoms with E-state index in [4.69, 9.17) is 15.2 Å². The number of carbonyl (C=O) groups excluding carboxylic acids is 1. The number of piperidine rings is 1. The number of aryl methyl sites for hydroxylation is 1. The maximum atomic E-state index is 13.7. The molecule has 2 aliphatic rings. The normalized spacial score (nSPS) is 22.8. The van der Waals surface area contributed by atoms with Crippen molar-refractivity contribution in [3.63, 3.8) is 0 Å². The number of benzene rings is 3. The van der Waals surface area contributed by atoms with E-state index in [9.17, 15) is 13.6 Å². The van der Waals surface area contributed by atoms with E-state index in [1.807, 2.05) is 24.3 Å². The molecule has 2 bridgehead atoms. The molecular formula is C32H36F2N2O3. The van der Waals surface area contributed by atoms with Crippen molar-refractivity contribution >= 4 is 11.7 Å². The molecule has 3 aromatic rings. The number of nitrogen functional groups attached to an aromatic ring is 1. The second-order valence-corrected chi connectivity index (χ2v) is 10.8. The average molecular weight is 535 g/mol. The number of esters is 1. The highest BCUT2D eigenvalue weighted by Crippen LogP contribution is 2.42. The van der Waals surface area contributed by atoms with E-state index in [-0.39, 0.29) is 42.3 Å². The molecule has 206 valence electrons. The maximum Gasteiger partial charge on any atom is 0.305 e. The molecular weight excluding hydrogens is 498 g/mol. The second kappa shape index (κ2) is 12.3. The molecule has 2 fully saturated rings. The average Bonchev–Trinajstić information content (AvgIpc) is 3.18. The highest BCUT2D eigenvalue weighted by molar-refractivity contribution is 5.69. The van der Waals surface area contributed by atoms with Crippen LogP contribution < -0.4 is 5.73 Å². The Hall–Kier alpha value is -3.29. The summed E-state index contributed by atoms with van der Waals surface area (Å²) in [5.41, 5.74) is 9.22. The number of nitrogens with zero attached hydrogens (tertiary/aromatic N) is 1. The topological polar surface area (TPSA) is 64.8 Å². The molecule has 2 aliphatic heterocycles. The number of hydrogen-bond donors (Lipinski definition) is 1. The minimum atomic E-state index is -0.489. The minimum Gasteiger partial charge on any atom is -0.465 e. The van der Waals surface area contributed by atoms with Crippen molar-refractivity contribution in [2.45, 2.75) is 62.8 Å². The first-order valence-corrected chi connectivity index (χ1v) is 13.8. The van der Waals surface area contributed by atoms with Gasteiger partial charge in [0.25, 0.3) is 0 Å². The molecule has 7 heteroatoms. The van der Waals surface area contributed by atoms with Crippen molar-refractivity contribution < 1.29 is 23.0 Å². The smallest absolute Gasteiger partial charge is 0.305 e. The lowest BCUT2D eigenvalue weighted by Crippen LogP contribution is -2.52. The molecule has 5 rings (SSSR count). The van der Waals surface area contributed by atoms with Crippen LogP contribution in [0.5, 0.6) is 0 Å². The number of fused-ring (bicyclic) bond motifs is 2. The zero-order chi connectivity index (χ0) is 27.4. The number of nitrogens with two attached hydrogens (primary N) is 1. The Morgan fingerprint density at radius 3 is 2.18 bits per heavy atom. The predicted molar refractivity (Wildman–Crippen MR) is 147 cm³/mol. The summed E-state index contributed by atoms with van der Waals surface area (Å²) in [6.45, 7) is 0.284. The minimum absolute atomic E-state index is 0.00167. The third kappa shape index (κ3) is 6.65. The number of rotatable bonds is 10. The largest absolute Gasteiger partial charge is 0.465 e. The van der Waals surface area contributed by atoms with Crippen LogP contribution in [0.3, 0.4) is 0 Å². The van der Waals surface area contributed by atoms with Crippen LogP contribution in [0.1, 0.15) is 54.9 Å². The van der Waals surface area contributed by atoms with Crippen molar-refractivity contribution in [1.82, 2.24) is 4.90 Å². The summed E-state index contributed by atoms with van der Waals surface area (Å²) in [5.74, 6) is -0.857. The summed E-state index contributed by atoms with van der Waals surface area (Å²) < 4.78 is 40.0. The van der Waals surface area contributed by atoms with Crippen molar-refractivity contribution in [2.75, 3.05) is 19.4 Å². The Kier molecular flexibility index (Phi) is 8.58. The van der Waals surface area contributed by atoms with Gasteiger partial charge < -0.3 is 15.2 Å². The van der Waals surface area contributed by atoms with Crippen LogP contribution in [0.25, 0.3) is 0 Å². The van der Waals surface area contributed by atoms with Gasteiger partial charge in [0.15, 0.2) is 0 Å². The summed E-state index contributed by atoms with van der Waals surface area (Å²) in [7, 11) is 2.14. The summed E-state index contributed by atoms with van der Waals surface area (Å²) in [4.78, 5) is 15.1. The first-order chi connectivity index (χ1) is 18.9. The van der Waals surface area contributed by atoms with E-state index in [1.165, 1.54) is 24.3 Å². The number of carbonyl (C=O) groups is 1. The van der Waals surface area contributed by atoms with Gasteiger partial charge in [0.05, 0.1) is 12.7 Å². The molecule has 1 unspecified atom stereocenters. The highest BCUT2D eigenvalue weighted by Gasteiger charge is 2.47. The van der Waals surface area contributed by atoms with Gasteiger partial charge >= 0.3 is 5.97 Å². The molecule has 0 aromatic heterocycles. The Bertz CT molecular complexity index is 1190. The predicted octanol–water partition coefficient (Wildman–Crippen LogP) is 6.07. The monoisotopic (exact) mass is 534 g/mol. The van der Waals surface area contributed by atoms with Crippen LogP contribution in [0, 0.1) is 17.6 Å². The van der Waals surface area contributed by atoms with E-state index >= 15 is 0 Å². The van der Waals surface area contributed by atoms with E-state index < -0.39 is 6.10 Å². The van der Waals surface area contributed by atoms with E-state index in [2.05, 4.69) is 11.9 Å². The zero-order valence-electron chi connectivity index (χ0n) is 22.3. The van der Waals surface area contributed by atoms with Crippen molar-refractivity contribution in [2.24, 2.45) is 5.92 Å². The van der Waals surface area contributed by atoms with Gasteiger partial charge in [-0.1, -0.05) is 36.4 Å². The lowest BCUT2D eigenvalue weighted by molar-refractivity contribution is -0.152. The standard InChI is InChI=1S/C32H36F2N2O3/c1-36-27-17-18-29(36)28(20-38-31(37)4-2-3-21-5-15-26(35)16-6-21)30(19-27)39-32(22-7-11-24(33)12-8-22)23-9-13-25(34)14-10-23/h5-16,27-30,32H,2-4,17-20,35H2,1H3/t27?,28-,29+,30-/m1/s1. The van der Waals surface area contributed by atoms with Crippen LogP contribution in [0.15, 0.2) is 72.8 Å². The first kappa shape index (κ1) is 27.3. The Morgan fingerprint density at radius 1 is 0.949 bits per heavy atom. The Morgan fingerprint density at radius 2 is 1.56 bits per heavy atom. The summed E-state index contributed by atoms with van der Waals surface area (Å²) in [5, 5.41) is 0. The molecule has 0 aliphatic carbocycles. The number of hydrogen-bond acceptors (Lipinski definition) is 5. The number of ether oxygens (including phenoxy) is 2. The van der Waals surface area contributed by atoms with Gasteiger partial charge in [0.1, 0.15) is 17.7 Å². The first-order valence-electron chi connectivity index (χ1n) is 13.8. The van der Waals surface area contributed by atoms with Gasteiger partial charge in [-0.25, -0.2) is 8.78 Å². The van der Waals surface area contributed by atoms with Crippen LogP contribution in [0.2, 0.25) is 0 Å². The molecule has 39 heavy (non-hydrogen) atoms. The van der Waals surface area contributed by atoms with Crippen LogP contribution in [-0.2, 0) is 20.7 Å². The zero-order valence-corrected chi connectivity index (χ0v) is 22.3. The molecule has 3 aromatic carbocycles. The van der Waals surface area contributed by atoms with Crippen LogP contribution in [0.4, 0.5) is 14.5 Å². The molecule has 0 radical (unpaired) electrons. The quantitative estimate of drug-likeness (QED) is 0.253. The Labute approximate surface area is 228 Å². The van der Waals surface area contributed by atoms with Crippen LogP contribution in [-0.4, -0.2) is 42.7 Å².